The number of aliphatic carboxylic acids is 1. The molecule has 2 atom stereocenters. The fourth-order valence-electron chi connectivity index (χ4n) is 3.93. The minimum Gasteiger partial charge on any atom is -0.481 e. The van der Waals surface area contributed by atoms with Crippen LogP contribution in [0.25, 0.3) is 11.1 Å². The van der Waals surface area contributed by atoms with E-state index < -0.39 is 18.0 Å². The second-order valence-electron chi connectivity index (χ2n) is 7.63. The first kappa shape index (κ1) is 20.5. The summed E-state index contributed by atoms with van der Waals surface area (Å²) >= 11 is 0. The Kier molecular flexibility index (Phi) is 5.89. The maximum absolute atomic E-state index is 12.0. The van der Waals surface area contributed by atoms with Gasteiger partial charge in [0.05, 0.1) is 12.5 Å². The van der Waals surface area contributed by atoms with E-state index in [9.17, 15) is 14.4 Å². The third-order valence-electron chi connectivity index (χ3n) is 5.63. The summed E-state index contributed by atoms with van der Waals surface area (Å²) in [5.41, 5.74) is 4.58. The first-order chi connectivity index (χ1) is 15.0. The predicted molar refractivity (Wildman–Crippen MR) is 113 cm³/mol. The van der Waals surface area contributed by atoms with Crippen molar-refractivity contribution in [1.82, 2.24) is 10.6 Å². The molecule has 4 rings (SSSR count). The molecule has 1 saturated carbocycles. The van der Waals surface area contributed by atoms with Crippen LogP contribution >= 0.6 is 0 Å². The molecule has 0 spiro atoms. The van der Waals surface area contributed by atoms with E-state index in [2.05, 4.69) is 34.6 Å². The van der Waals surface area contributed by atoms with Gasteiger partial charge in [-0.15, -0.1) is 0 Å². The second-order valence-corrected chi connectivity index (χ2v) is 7.63. The Morgan fingerprint density at radius 1 is 1.00 bits per heavy atom. The van der Waals surface area contributed by atoms with Crippen LogP contribution in [0.4, 0.5) is 4.79 Å². The highest BCUT2D eigenvalue weighted by Crippen LogP contribution is 2.44. The molecule has 7 nitrogen and oxygen atoms in total. The molecule has 0 heterocycles. The lowest BCUT2D eigenvalue weighted by Crippen LogP contribution is -2.27. The molecule has 0 saturated heterocycles. The number of alkyl carbamates (subject to hydrolysis) is 1. The number of rotatable bonds is 6. The van der Waals surface area contributed by atoms with Crippen molar-refractivity contribution in [3.8, 4) is 23.0 Å². The Bertz CT molecular complexity index is 1040. The molecule has 7 heteroatoms. The zero-order valence-corrected chi connectivity index (χ0v) is 16.8. The highest BCUT2D eigenvalue weighted by atomic mass is 16.5. The van der Waals surface area contributed by atoms with Crippen molar-refractivity contribution < 1.29 is 24.2 Å². The Morgan fingerprint density at radius 3 is 2.26 bits per heavy atom. The average molecular weight is 418 g/mol. The number of carboxylic acids is 1. The highest BCUT2D eigenvalue weighted by molar-refractivity contribution is 5.93. The maximum Gasteiger partial charge on any atom is 0.407 e. The number of fused-ring (bicyclic) bond motifs is 3. The standard InChI is InChI=1S/C24H22N2O5/c27-22(26-13-15-12-20(15)23(28)29)10-5-11-25-24(30)31-14-21-18-8-3-1-6-16(18)17-7-2-4-9-19(17)21/h1-4,6-9,15,20-21H,11-14H2,(H,25,30)(H,26,27)(H,28,29)/t15-,20-/m1/s1. The molecule has 0 unspecified atom stereocenters. The number of hydrogen-bond acceptors (Lipinski definition) is 4. The van der Waals surface area contributed by atoms with Crippen LogP contribution in [0.5, 0.6) is 0 Å². The van der Waals surface area contributed by atoms with Crippen molar-refractivity contribution in [1.29, 1.82) is 0 Å². The molecule has 0 radical (unpaired) electrons. The van der Waals surface area contributed by atoms with Gasteiger partial charge in [0.15, 0.2) is 0 Å². The Morgan fingerprint density at radius 2 is 1.65 bits per heavy atom. The first-order valence-electron chi connectivity index (χ1n) is 10.1. The molecule has 0 aromatic heterocycles. The van der Waals surface area contributed by atoms with Crippen LogP contribution in [0.3, 0.4) is 0 Å². The summed E-state index contributed by atoms with van der Waals surface area (Å²) in [6.45, 7) is 0.482. The van der Waals surface area contributed by atoms with E-state index >= 15 is 0 Å². The Labute approximate surface area is 179 Å². The van der Waals surface area contributed by atoms with Crippen LogP contribution in [0.15, 0.2) is 48.5 Å². The van der Waals surface area contributed by atoms with Gasteiger partial charge in [0.2, 0.25) is 0 Å². The van der Waals surface area contributed by atoms with Gasteiger partial charge in [-0.1, -0.05) is 54.5 Å². The van der Waals surface area contributed by atoms with Gasteiger partial charge in [-0.25, -0.2) is 4.79 Å². The van der Waals surface area contributed by atoms with Crippen LogP contribution in [0.1, 0.15) is 23.5 Å². The summed E-state index contributed by atoms with van der Waals surface area (Å²) in [6.07, 6.45) is -0.0225. The SMILES string of the molecule is O=C(C#CCNC(=O)OCC1c2ccccc2-c2ccccc21)NC[C@H]1C[C@H]1C(=O)O. The van der Waals surface area contributed by atoms with Gasteiger partial charge >= 0.3 is 12.1 Å². The Balaban J connectivity index is 1.22. The van der Waals surface area contributed by atoms with Gasteiger partial charge in [-0.3, -0.25) is 9.59 Å². The molecular weight excluding hydrogens is 396 g/mol. The zero-order chi connectivity index (χ0) is 21.8. The molecule has 0 bridgehead atoms. The van der Waals surface area contributed by atoms with E-state index in [0.29, 0.717) is 13.0 Å². The van der Waals surface area contributed by atoms with Crippen LogP contribution in [0.2, 0.25) is 0 Å². The lowest BCUT2D eigenvalue weighted by molar-refractivity contribution is -0.139. The topological polar surface area (TPSA) is 105 Å². The third kappa shape index (κ3) is 4.69. The number of ether oxygens (including phenoxy) is 1. The molecule has 1 fully saturated rings. The van der Waals surface area contributed by atoms with Crippen LogP contribution in [0, 0.1) is 23.7 Å². The summed E-state index contributed by atoms with van der Waals surface area (Å²) < 4.78 is 5.39. The summed E-state index contributed by atoms with van der Waals surface area (Å²) in [5.74, 6) is 3.18. The van der Waals surface area contributed by atoms with E-state index in [4.69, 9.17) is 9.84 Å². The van der Waals surface area contributed by atoms with Gasteiger partial charge in [-0.05, 0) is 40.5 Å². The number of carbonyl (C=O) groups is 3. The van der Waals surface area contributed by atoms with E-state index in [1.165, 1.54) is 0 Å². The van der Waals surface area contributed by atoms with Crippen LogP contribution in [-0.4, -0.2) is 42.8 Å². The van der Waals surface area contributed by atoms with Crippen molar-refractivity contribution >= 4 is 18.0 Å². The molecule has 2 aliphatic rings. The van der Waals surface area contributed by atoms with E-state index in [1.54, 1.807) is 0 Å². The van der Waals surface area contributed by atoms with E-state index in [1.807, 2.05) is 36.4 Å². The molecule has 3 N–H and O–H groups in total. The number of benzene rings is 2. The summed E-state index contributed by atoms with van der Waals surface area (Å²) in [4.78, 5) is 34.4. The molecular formula is C24H22N2O5. The molecule has 31 heavy (non-hydrogen) atoms. The van der Waals surface area contributed by atoms with Crippen LogP contribution in [-0.2, 0) is 14.3 Å². The summed E-state index contributed by atoms with van der Waals surface area (Å²) in [6, 6.07) is 16.2. The average Bonchev–Trinajstić information content (AvgIpc) is 3.50. The quantitative estimate of drug-likeness (QED) is 0.625. The molecule has 2 amide bonds. The molecule has 2 aromatic carbocycles. The minimum absolute atomic E-state index is 0.0212. The summed E-state index contributed by atoms with van der Waals surface area (Å²) in [7, 11) is 0. The van der Waals surface area contributed by atoms with Gasteiger partial charge in [-0.2, -0.15) is 0 Å². The number of hydrogen-bond donors (Lipinski definition) is 3. The van der Waals surface area contributed by atoms with E-state index in [-0.39, 0.29) is 30.9 Å². The van der Waals surface area contributed by atoms with Crippen molar-refractivity contribution in [2.45, 2.75) is 12.3 Å². The van der Waals surface area contributed by atoms with Gasteiger partial charge in [0, 0.05) is 12.5 Å². The smallest absolute Gasteiger partial charge is 0.407 e. The molecule has 0 aliphatic heterocycles. The maximum atomic E-state index is 12.0. The number of amides is 2. The normalized spacial score (nSPS) is 18.1. The van der Waals surface area contributed by atoms with Gasteiger partial charge in [0.25, 0.3) is 5.91 Å². The van der Waals surface area contributed by atoms with Crippen molar-refractivity contribution in [2.75, 3.05) is 19.7 Å². The predicted octanol–water partition coefficient (Wildman–Crippen LogP) is 2.37. The highest BCUT2D eigenvalue weighted by Gasteiger charge is 2.42. The fraction of sp³-hybridized carbons (Fsp3) is 0.292. The van der Waals surface area contributed by atoms with Crippen molar-refractivity contribution in [3.05, 3.63) is 59.7 Å². The van der Waals surface area contributed by atoms with Gasteiger partial charge < -0.3 is 20.5 Å². The second kappa shape index (κ2) is 8.92. The van der Waals surface area contributed by atoms with Crippen LogP contribution < -0.4 is 10.6 Å². The zero-order valence-electron chi connectivity index (χ0n) is 16.8. The Hall–Kier alpha value is -3.79. The third-order valence-corrected chi connectivity index (χ3v) is 5.63. The number of carboxylic acid groups (broad SMARTS) is 1. The van der Waals surface area contributed by atoms with Crippen molar-refractivity contribution in [3.63, 3.8) is 0 Å². The molecule has 2 aliphatic carbocycles. The lowest BCUT2D eigenvalue weighted by atomic mass is 9.98. The molecule has 2 aromatic rings. The monoisotopic (exact) mass is 418 g/mol. The minimum atomic E-state index is -0.836. The van der Waals surface area contributed by atoms with Gasteiger partial charge in [0.1, 0.15) is 6.61 Å². The number of nitrogens with one attached hydrogen (secondary N) is 2. The molecule has 158 valence electrons. The van der Waals surface area contributed by atoms with E-state index in [0.717, 1.165) is 22.3 Å². The lowest BCUT2D eigenvalue weighted by Gasteiger charge is -2.14. The van der Waals surface area contributed by atoms with Crippen molar-refractivity contribution in [2.24, 2.45) is 11.8 Å². The fourth-order valence-corrected chi connectivity index (χ4v) is 3.93. The number of carbonyl (C=O) groups excluding carboxylic acids is 2. The largest absolute Gasteiger partial charge is 0.481 e. The summed E-state index contributed by atoms with van der Waals surface area (Å²) in [5, 5.41) is 13.9. The first-order valence-corrected chi connectivity index (χ1v) is 10.1.